The predicted molar refractivity (Wildman–Crippen MR) is 133 cm³/mol. The number of H-pyrrole nitrogens is 1. The van der Waals surface area contributed by atoms with E-state index in [1.54, 1.807) is 24.8 Å². The molecule has 3 heterocycles. The van der Waals surface area contributed by atoms with E-state index in [1.165, 1.54) is 18.2 Å². The number of amides is 3. The summed E-state index contributed by atoms with van der Waals surface area (Å²) in [6, 6.07) is 4.08. The highest BCUT2D eigenvalue weighted by atomic mass is 19.1. The van der Waals surface area contributed by atoms with Crippen LogP contribution in [0.4, 0.5) is 10.1 Å². The number of anilines is 1. The second-order valence-electron chi connectivity index (χ2n) is 9.39. The smallest absolute Gasteiger partial charge is 0.256 e. The van der Waals surface area contributed by atoms with Gasteiger partial charge in [-0.15, -0.1) is 0 Å². The summed E-state index contributed by atoms with van der Waals surface area (Å²) in [7, 11) is 0. The van der Waals surface area contributed by atoms with Gasteiger partial charge in [-0.3, -0.25) is 14.4 Å². The second kappa shape index (κ2) is 10.6. The van der Waals surface area contributed by atoms with Crippen molar-refractivity contribution in [3.63, 3.8) is 0 Å². The Morgan fingerprint density at radius 1 is 1.22 bits per heavy atom. The summed E-state index contributed by atoms with van der Waals surface area (Å²) in [5.41, 5.74) is 3.52. The molecular weight excluding hydrogens is 467 g/mol. The van der Waals surface area contributed by atoms with Gasteiger partial charge in [0.1, 0.15) is 5.82 Å². The fourth-order valence-corrected chi connectivity index (χ4v) is 4.56. The Bertz CT molecular complexity index is 1220. The molecule has 3 amide bonds. The minimum Gasteiger partial charge on any atom is -0.393 e. The van der Waals surface area contributed by atoms with E-state index in [4.69, 9.17) is 0 Å². The molecule has 1 aromatic heterocycles. The molecule has 0 aliphatic carbocycles. The number of nitrogens with zero attached hydrogens (tertiary/aromatic N) is 1. The molecule has 1 aromatic carbocycles. The number of likely N-dealkylation sites (tertiary alicyclic amines) is 1. The lowest BCUT2D eigenvalue weighted by Crippen LogP contribution is -2.43. The number of carbonyl (C=O) groups excluding carboxylic acids is 3. The highest BCUT2D eigenvalue weighted by Gasteiger charge is 2.27. The van der Waals surface area contributed by atoms with E-state index >= 15 is 0 Å². The van der Waals surface area contributed by atoms with Crippen LogP contribution in [-0.4, -0.2) is 69.7 Å². The highest BCUT2D eigenvalue weighted by molar-refractivity contribution is 6.34. The van der Waals surface area contributed by atoms with E-state index in [1.807, 2.05) is 0 Å². The van der Waals surface area contributed by atoms with Crippen molar-refractivity contribution in [2.24, 2.45) is 0 Å². The van der Waals surface area contributed by atoms with Crippen LogP contribution >= 0.6 is 0 Å². The number of aliphatic hydroxyl groups is 2. The lowest BCUT2D eigenvalue weighted by molar-refractivity contribution is -0.137. The molecule has 9 nitrogen and oxygen atoms in total. The van der Waals surface area contributed by atoms with Gasteiger partial charge in [0.05, 0.1) is 29.8 Å². The van der Waals surface area contributed by atoms with Crippen molar-refractivity contribution in [2.75, 3.05) is 25.0 Å². The van der Waals surface area contributed by atoms with Crippen LogP contribution in [0.15, 0.2) is 18.2 Å². The predicted octanol–water partition coefficient (Wildman–Crippen LogP) is 2.12. The van der Waals surface area contributed by atoms with Crippen molar-refractivity contribution in [1.29, 1.82) is 0 Å². The van der Waals surface area contributed by atoms with Crippen LogP contribution in [0.2, 0.25) is 0 Å². The zero-order valence-corrected chi connectivity index (χ0v) is 20.4. The van der Waals surface area contributed by atoms with E-state index in [9.17, 15) is 29.0 Å². The van der Waals surface area contributed by atoms with Crippen molar-refractivity contribution in [1.82, 2.24) is 15.2 Å². The molecule has 5 N–H and O–H groups in total. The number of benzene rings is 1. The maximum atomic E-state index is 13.7. The highest BCUT2D eigenvalue weighted by Crippen LogP contribution is 2.34. The van der Waals surface area contributed by atoms with Crippen molar-refractivity contribution < 1.29 is 29.0 Å². The van der Waals surface area contributed by atoms with E-state index in [0.717, 1.165) is 19.5 Å². The van der Waals surface area contributed by atoms with E-state index < -0.39 is 18.0 Å². The van der Waals surface area contributed by atoms with Crippen molar-refractivity contribution in [2.45, 2.75) is 51.7 Å². The fraction of sp³-hybridized carbons (Fsp3) is 0.423. The first-order chi connectivity index (χ1) is 17.1. The number of halogens is 1. The number of rotatable bonds is 9. The topological polar surface area (TPSA) is 135 Å². The van der Waals surface area contributed by atoms with Gasteiger partial charge in [0, 0.05) is 42.3 Å². The average Bonchev–Trinajstić information content (AvgIpc) is 3.21. The Balaban J connectivity index is 1.34. The molecule has 0 bridgehead atoms. The molecule has 1 fully saturated rings. The standard InChI is InChI=1S/C26H31FN4O5/c1-14-22(13-20-19-10-16(27)4-5-21(19)30-25(20)35)29-15(2)24(14)26(36)28-7-6-17(32)11-18(33)12-23(34)31-8-3-9-31/h4-5,10,13,17-18,29,32-33H,3,6-9,11-12H2,1-2H3,(H,28,36)(H,30,35)/b20-13-/t17-,18-/m1/s1. The van der Waals surface area contributed by atoms with Gasteiger partial charge in [0.2, 0.25) is 5.91 Å². The molecule has 0 saturated carbocycles. The van der Waals surface area contributed by atoms with Gasteiger partial charge >= 0.3 is 0 Å². The number of aromatic nitrogens is 1. The average molecular weight is 499 g/mol. The summed E-state index contributed by atoms with van der Waals surface area (Å²) in [6.45, 7) is 5.12. The van der Waals surface area contributed by atoms with Gasteiger partial charge in [0.25, 0.3) is 11.8 Å². The van der Waals surface area contributed by atoms with Crippen LogP contribution < -0.4 is 10.6 Å². The van der Waals surface area contributed by atoms with Gasteiger partial charge in [0.15, 0.2) is 0 Å². The molecule has 1 saturated heterocycles. The number of hydrogen-bond donors (Lipinski definition) is 5. The van der Waals surface area contributed by atoms with Crippen LogP contribution in [0.1, 0.15) is 58.6 Å². The third-order valence-electron chi connectivity index (χ3n) is 6.68. The van der Waals surface area contributed by atoms with Crippen LogP contribution in [0.5, 0.6) is 0 Å². The van der Waals surface area contributed by atoms with Crippen LogP contribution in [0.25, 0.3) is 11.6 Å². The molecular formula is C26H31FN4O5. The molecule has 2 aliphatic heterocycles. The number of aryl methyl sites for hydroxylation is 1. The number of nitrogens with one attached hydrogen (secondary N) is 3. The zero-order valence-electron chi connectivity index (χ0n) is 20.4. The molecule has 0 spiro atoms. The lowest BCUT2D eigenvalue weighted by Gasteiger charge is -2.31. The molecule has 2 aromatic rings. The molecule has 0 unspecified atom stereocenters. The Morgan fingerprint density at radius 3 is 2.67 bits per heavy atom. The summed E-state index contributed by atoms with van der Waals surface area (Å²) in [5.74, 6) is -1.25. The molecule has 4 rings (SSSR count). The van der Waals surface area contributed by atoms with Crippen LogP contribution in [0, 0.1) is 19.7 Å². The Labute approximate surface area is 208 Å². The van der Waals surface area contributed by atoms with Crippen LogP contribution in [0.3, 0.4) is 0 Å². The number of fused-ring (bicyclic) bond motifs is 1. The summed E-state index contributed by atoms with van der Waals surface area (Å²) >= 11 is 0. The molecule has 10 heteroatoms. The molecule has 192 valence electrons. The maximum Gasteiger partial charge on any atom is 0.256 e. The van der Waals surface area contributed by atoms with E-state index in [0.29, 0.717) is 39.3 Å². The van der Waals surface area contributed by atoms with Crippen molar-refractivity contribution in [3.8, 4) is 0 Å². The van der Waals surface area contributed by atoms with Gasteiger partial charge < -0.3 is 30.7 Å². The lowest BCUT2D eigenvalue weighted by atomic mass is 10.0. The minimum absolute atomic E-state index is 0.0153. The molecule has 2 aliphatic rings. The summed E-state index contributed by atoms with van der Waals surface area (Å²) in [5, 5.41) is 25.8. The van der Waals surface area contributed by atoms with Gasteiger partial charge in [-0.05, 0) is 62.9 Å². The first-order valence-corrected chi connectivity index (χ1v) is 12.1. The summed E-state index contributed by atoms with van der Waals surface area (Å²) in [6.07, 6.45) is 1.05. The van der Waals surface area contributed by atoms with Gasteiger partial charge in [-0.1, -0.05) is 0 Å². The summed E-state index contributed by atoms with van der Waals surface area (Å²) in [4.78, 5) is 42.0. The van der Waals surface area contributed by atoms with Crippen LogP contribution in [-0.2, 0) is 9.59 Å². The van der Waals surface area contributed by atoms with Gasteiger partial charge in [-0.25, -0.2) is 4.39 Å². The Kier molecular flexibility index (Phi) is 7.56. The largest absolute Gasteiger partial charge is 0.393 e. The van der Waals surface area contributed by atoms with E-state index in [2.05, 4.69) is 15.6 Å². The normalized spacial score (nSPS) is 17.4. The molecule has 36 heavy (non-hydrogen) atoms. The first-order valence-electron chi connectivity index (χ1n) is 12.1. The van der Waals surface area contributed by atoms with E-state index in [-0.39, 0.29) is 43.5 Å². The molecule has 0 radical (unpaired) electrons. The number of carbonyl (C=O) groups is 3. The maximum absolute atomic E-state index is 13.7. The third-order valence-corrected chi connectivity index (χ3v) is 6.68. The second-order valence-corrected chi connectivity index (χ2v) is 9.39. The zero-order chi connectivity index (χ0) is 26.0. The Hall–Kier alpha value is -3.50. The van der Waals surface area contributed by atoms with Gasteiger partial charge in [-0.2, -0.15) is 0 Å². The fourth-order valence-electron chi connectivity index (χ4n) is 4.56. The Morgan fingerprint density at radius 2 is 1.97 bits per heavy atom. The first kappa shape index (κ1) is 25.6. The number of hydrogen-bond acceptors (Lipinski definition) is 5. The third kappa shape index (κ3) is 5.50. The monoisotopic (exact) mass is 498 g/mol. The number of aromatic amines is 1. The molecule has 2 atom stereocenters. The van der Waals surface area contributed by atoms with Crippen molar-refractivity contribution in [3.05, 3.63) is 52.1 Å². The summed E-state index contributed by atoms with van der Waals surface area (Å²) < 4.78 is 13.7. The quantitative estimate of drug-likeness (QED) is 0.338. The number of aliphatic hydroxyl groups excluding tert-OH is 2. The SMILES string of the molecule is Cc1[nH]c(/C=C2\C(=O)Nc3ccc(F)cc32)c(C)c1C(=O)NCC[C@@H](O)C[C@@H](O)CC(=O)N1CCC1. The van der Waals surface area contributed by atoms with Crippen molar-refractivity contribution >= 4 is 35.1 Å². The minimum atomic E-state index is -0.931.